The molecule has 2 nitrogen and oxygen atoms in total. The zero-order valence-electron chi connectivity index (χ0n) is 12.1. The third-order valence-corrected chi connectivity index (χ3v) is 3.87. The second kappa shape index (κ2) is 5.96. The molecule has 20 heavy (non-hydrogen) atoms. The molecule has 0 saturated carbocycles. The predicted octanol–water partition coefficient (Wildman–Crippen LogP) is 3.61. The van der Waals surface area contributed by atoms with E-state index in [2.05, 4.69) is 10.2 Å². The van der Waals surface area contributed by atoms with Gasteiger partial charge in [0.15, 0.2) is 0 Å². The highest BCUT2D eigenvalue weighted by Crippen LogP contribution is 2.41. The van der Waals surface area contributed by atoms with Gasteiger partial charge in [0.2, 0.25) is 0 Å². The van der Waals surface area contributed by atoms with E-state index in [1.165, 1.54) is 12.1 Å². The Bertz CT molecular complexity index is 456. The zero-order chi connectivity index (χ0) is 14.9. The van der Waals surface area contributed by atoms with Crippen LogP contribution in [-0.2, 0) is 0 Å². The Kier molecular flexibility index (Phi) is 4.67. The largest absolute Gasteiger partial charge is 0.314 e. The van der Waals surface area contributed by atoms with Gasteiger partial charge in [-0.1, -0.05) is 32.4 Å². The highest BCUT2D eigenvalue weighted by Gasteiger charge is 2.36. The summed E-state index contributed by atoms with van der Waals surface area (Å²) in [7, 11) is 0. The minimum absolute atomic E-state index is 0.0942. The lowest BCUT2D eigenvalue weighted by Gasteiger charge is -2.42. The average Bonchev–Trinajstić information content (AvgIpc) is 2.33. The number of piperazine rings is 1. The van der Waals surface area contributed by atoms with Gasteiger partial charge < -0.3 is 5.32 Å². The Balaban J connectivity index is 2.46. The molecule has 0 bridgehead atoms. The Labute approximate surface area is 124 Å². The van der Waals surface area contributed by atoms with Crippen molar-refractivity contribution < 1.29 is 8.78 Å². The van der Waals surface area contributed by atoms with E-state index < -0.39 is 11.6 Å². The fourth-order valence-corrected chi connectivity index (χ4v) is 3.11. The van der Waals surface area contributed by atoms with Crippen LogP contribution in [0.2, 0.25) is 5.02 Å². The van der Waals surface area contributed by atoms with Crippen LogP contribution >= 0.6 is 11.6 Å². The summed E-state index contributed by atoms with van der Waals surface area (Å²) in [5.41, 5.74) is -0.142. The highest BCUT2D eigenvalue weighted by atomic mass is 35.5. The van der Waals surface area contributed by atoms with Gasteiger partial charge in [0.05, 0.1) is 0 Å². The van der Waals surface area contributed by atoms with E-state index in [9.17, 15) is 8.78 Å². The van der Waals surface area contributed by atoms with Gasteiger partial charge in [-0.25, -0.2) is 8.78 Å². The van der Waals surface area contributed by atoms with Crippen LogP contribution in [0.15, 0.2) is 12.1 Å². The summed E-state index contributed by atoms with van der Waals surface area (Å²) in [5.74, 6) is -1.12. The van der Waals surface area contributed by atoms with Crippen molar-refractivity contribution in [3.8, 4) is 0 Å². The number of nitrogens with zero attached hydrogens (tertiary/aromatic N) is 1. The van der Waals surface area contributed by atoms with Crippen molar-refractivity contribution >= 4 is 11.6 Å². The van der Waals surface area contributed by atoms with Crippen LogP contribution in [0.4, 0.5) is 8.78 Å². The van der Waals surface area contributed by atoms with Gasteiger partial charge in [-0.2, -0.15) is 0 Å². The average molecular weight is 303 g/mol. The van der Waals surface area contributed by atoms with Crippen LogP contribution in [0.3, 0.4) is 0 Å². The van der Waals surface area contributed by atoms with Crippen LogP contribution in [-0.4, -0.2) is 31.1 Å². The first-order chi connectivity index (χ1) is 9.30. The minimum Gasteiger partial charge on any atom is -0.314 e. The van der Waals surface area contributed by atoms with E-state index in [-0.39, 0.29) is 22.0 Å². The highest BCUT2D eigenvalue weighted by molar-refractivity contribution is 6.30. The van der Waals surface area contributed by atoms with Crippen molar-refractivity contribution in [2.75, 3.05) is 26.2 Å². The predicted molar refractivity (Wildman–Crippen MR) is 78.0 cm³/mol. The molecule has 0 spiro atoms. The Morgan fingerprint density at radius 3 is 2.10 bits per heavy atom. The molecule has 1 atom stereocenters. The van der Waals surface area contributed by atoms with E-state index in [1.54, 1.807) is 0 Å². The Hall–Kier alpha value is -0.710. The normalized spacial score (nSPS) is 19.1. The first kappa shape index (κ1) is 15.7. The lowest BCUT2D eigenvalue weighted by molar-refractivity contribution is 0.0804. The van der Waals surface area contributed by atoms with Crippen LogP contribution in [0.1, 0.15) is 32.4 Å². The summed E-state index contributed by atoms with van der Waals surface area (Å²) < 4.78 is 28.6. The molecule has 1 saturated heterocycles. The first-order valence-electron chi connectivity index (χ1n) is 6.90. The van der Waals surface area contributed by atoms with Crippen molar-refractivity contribution in [3.05, 3.63) is 34.4 Å². The van der Waals surface area contributed by atoms with Crippen molar-refractivity contribution in [1.82, 2.24) is 10.2 Å². The second-order valence-electron chi connectivity index (χ2n) is 6.34. The molecule has 1 aromatic rings. The van der Waals surface area contributed by atoms with Gasteiger partial charge in [-0.3, -0.25) is 4.90 Å². The number of halogens is 3. The van der Waals surface area contributed by atoms with E-state index in [4.69, 9.17) is 11.6 Å². The van der Waals surface area contributed by atoms with Crippen molar-refractivity contribution in [2.24, 2.45) is 5.41 Å². The lowest BCUT2D eigenvalue weighted by Crippen LogP contribution is -2.48. The number of benzene rings is 1. The van der Waals surface area contributed by atoms with E-state index in [1.807, 2.05) is 20.8 Å². The Morgan fingerprint density at radius 2 is 1.65 bits per heavy atom. The molecule has 1 N–H and O–H groups in total. The van der Waals surface area contributed by atoms with Gasteiger partial charge in [0, 0.05) is 42.8 Å². The molecule has 1 aliphatic rings. The Morgan fingerprint density at radius 1 is 1.15 bits per heavy atom. The van der Waals surface area contributed by atoms with Crippen LogP contribution in [0, 0.1) is 17.0 Å². The minimum atomic E-state index is -0.562. The quantitative estimate of drug-likeness (QED) is 0.898. The molecule has 112 valence electrons. The molecule has 1 fully saturated rings. The summed E-state index contributed by atoms with van der Waals surface area (Å²) in [4.78, 5) is 2.14. The van der Waals surface area contributed by atoms with E-state index >= 15 is 0 Å². The molecule has 0 radical (unpaired) electrons. The molecular formula is C15H21ClF2N2. The standard InChI is InChI=1S/C15H21ClF2N2/c1-15(2,3)14(20-6-4-19-5-7-20)13-11(17)8-10(16)9-12(13)18/h8-9,14,19H,4-7H2,1-3H3/t14-/m1/s1. The number of hydrogen-bond donors (Lipinski definition) is 1. The van der Waals surface area contributed by atoms with Crippen molar-refractivity contribution in [1.29, 1.82) is 0 Å². The maximum absolute atomic E-state index is 14.3. The van der Waals surface area contributed by atoms with Crippen molar-refractivity contribution in [3.63, 3.8) is 0 Å². The third kappa shape index (κ3) is 3.30. The maximum atomic E-state index is 14.3. The van der Waals surface area contributed by atoms with Gasteiger partial charge in [-0.15, -0.1) is 0 Å². The SMILES string of the molecule is CC(C)(C)[C@@H](c1c(F)cc(Cl)cc1F)N1CCNCC1. The van der Waals surface area contributed by atoms with Crippen LogP contribution < -0.4 is 5.32 Å². The summed E-state index contributed by atoms with van der Waals surface area (Å²) >= 11 is 5.72. The second-order valence-corrected chi connectivity index (χ2v) is 6.77. The lowest BCUT2D eigenvalue weighted by atomic mass is 9.80. The molecule has 0 amide bonds. The van der Waals surface area contributed by atoms with Gasteiger partial charge >= 0.3 is 0 Å². The molecule has 1 heterocycles. The fraction of sp³-hybridized carbons (Fsp3) is 0.600. The molecule has 0 aliphatic carbocycles. The molecule has 0 unspecified atom stereocenters. The molecule has 1 aliphatic heterocycles. The number of hydrogen-bond acceptors (Lipinski definition) is 2. The summed E-state index contributed by atoms with van der Waals surface area (Å²) in [6.45, 7) is 9.26. The first-order valence-corrected chi connectivity index (χ1v) is 7.27. The van der Waals surface area contributed by atoms with Gasteiger partial charge in [0.25, 0.3) is 0 Å². The molecule has 1 aromatic carbocycles. The smallest absolute Gasteiger partial charge is 0.132 e. The zero-order valence-corrected chi connectivity index (χ0v) is 12.9. The third-order valence-electron chi connectivity index (χ3n) is 3.65. The molecule has 5 heteroatoms. The van der Waals surface area contributed by atoms with Crippen LogP contribution in [0.5, 0.6) is 0 Å². The van der Waals surface area contributed by atoms with Crippen molar-refractivity contribution in [2.45, 2.75) is 26.8 Å². The molecule has 0 aromatic heterocycles. The summed E-state index contributed by atoms with van der Waals surface area (Å²) in [5, 5.41) is 3.35. The number of rotatable bonds is 2. The van der Waals surface area contributed by atoms with Crippen LogP contribution in [0.25, 0.3) is 0 Å². The summed E-state index contributed by atoms with van der Waals surface area (Å²) in [6.07, 6.45) is 0. The topological polar surface area (TPSA) is 15.3 Å². The maximum Gasteiger partial charge on any atom is 0.132 e. The summed E-state index contributed by atoms with van der Waals surface area (Å²) in [6, 6.07) is 2.09. The monoisotopic (exact) mass is 302 g/mol. The van der Waals surface area contributed by atoms with Gasteiger partial charge in [0.1, 0.15) is 11.6 Å². The van der Waals surface area contributed by atoms with E-state index in [0.717, 1.165) is 26.2 Å². The molecular weight excluding hydrogens is 282 g/mol. The number of nitrogens with one attached hydrogen (secondary N) is 1. The van der Waals surface area contributed by atoms with Gasteiger partial charge in [-0.05, 0) is 17.5 Å². The fourth-order valence-electron chi connectivity index (χ4n) is 2.92. The van der Waals surface area contributed by atoms with E-state index in [0.29, 0.717) is 0 Å². The molecule has 2 rings (SSSR count).